The molecule has 0 aromatic heterocycles. The average Bonchev–Trinajstić information content (AvgIpc) is 3.46. The zero-order chi connectivity index (χ0) is 55.8. The largest absolute Gasteiger partial charge is 0.478 e. The van der Waals surface area contributed by atoms with Crippen LogP contribution in [0.15, 0.2) is 150 Å². The number of allylic oxidation sites excluding steroid dienone is 4. The number of rotatable bonds is 10. The molecule has 0 amide bonds. The van der Waals surface area contributed by atoms with Gasteiger partial charge in [0.05, 0.1) is 50.8 Å². The molecular formula is C53H57N4O16S4+. The Balaban J connectivity index is 1.10. The van der Waals surface area contributed by atoms with Gasteiger partial charge in [-0.25, -0.2) is 9.37 Å². The van der Waals surface area contributed by atoms with Crippen LogP contribution in [0.4, 0.5) is 11.4 Å². The van der Waals surface area contributed by atoms with E-state index in [9.17, 15) is 69.2 Å². The number of carboxylic acid groups (broad SMARTS) is 1. The molecule has 7 aliphatic rings. The summed E-state index contributed by atoms with van der Waals surface area (Å²) in [6, 6.07) is 16.2. The molecular weight excluding hydrogens is 1080 g/mol. The summed E-state index contributed by atoms with van der Waals surface area (Å²) >= 11 is 4.76. The molecule has 1 aliphatic heterocycles. The van der Waals surface area contributed by atoms with Crippen LogP contribution in [0, 0.1) is 23.7 Å². The molecule has 0 saturated heterocycles. The third-order valence-corrected chi connectivity index (χ3v) is 17.4. The van der Waals surface area contributed by atoms with Crippen LogP contribution in [0.2, 0.25) is 0 Å². The van der Waals surface area contributed by atoms with Gasteiger partial charge in [0.15, 0.2) is 0 Å². The topological polar surface area (TPSA) is 325 Å². The van der Waals surface area contributed by atoms with Gasteiger partial charge in [0.25, 0.3) is 30.4 Å². The molecule has 9 rings (SSSR count). The molecule has 1 saturated carbocycles. The number of nitrogens with one attached hydrogen (secondary N) is 2. The second kappa shape index (κ2) is 20.9. The summed E-state index contributed by atoms with van der Waals surface area (Å²) in [5, 5.41) is 66.4. The van der Waals surface area contributed by atoms with Crippen molar-refractivity contribution < 1.29 is 73.7 Å². The molecule has 9 atom stereocenters. The van der Waals surface area contributed by atoms with E-state index in [1.807, 2.05) is 74.1 Å². The minimum Gasteiger partial charge on any atom is -0.478 e. The summed E-state index contributed by atoms with van der Waals surface area (Å²) in [5.41, 5.74) is 2.50. The first kappa shape index (κ1) is 55.6. The van der Waals surface area contributed by atoms with Gasteiger partial charge in [-0.1, -0.05) is 30.4 Å². The Labute approximate surface area is 449 Å². The number of hydrogen-bond acceptors (Lipinski definition) is 16. The standard InChI is InChI=1S/C53H56N4O16S4/c1-56(2)36-6-9-42-45(24-36)73-46-25-37(57(3)4)7-10-43(46)47(42)41-8-5-34(23-44(41)52(62)63)54-53(74)55-35-15-26-11-28-17-38(75(64,65)66)19-30(49(28)59)13-32-21-40(77(70,71)72)22-33(51(32)61)14-31-20-39(76(67,68)69)18-29(50(31)60)12-27(16-35)48(26)58/h5-10,15-26,28-29,32,48-51,53,55,58-61H,11-14H2,1-4H3,(H5,62,63,64,65,66,67,68,69,70,71,72,74)/p+1. The predicted molar refractivity (Wildman–Crippen MR) is 292 cm³/mol. The molecule has 6 aliphatic carbocycles. The summed E-state index contributed by atoms with van der Waals surface area (Å²) in [5.74, 6) is -5.37. The van der Waals surface area contributed by atoms with Gasteiger partial charge in [0.2, 0.25) is 5.36 Å². The summed E-state index contributed by atoms with van der Waals surface area (Å²) in [6.45, 7) is 0. The van der Waals surface area contributed by atoms with Crippen LogP contribution in [-0.4, -0.2) is 129 Å². The number of nitrogens with zero attached hydrogens (tertiary/aromatic N) is 2. The SMILES string of the molecule is CN(C)c1ccc2c(-c3ccc(NC(S)NC4=CC5CC6C=C(S(=O)(=O)O)C=C(CC7C=C(S(=O)(=O)O)C=C(CC8=CC(S(=O)(=O)O)=CC(CC(=C4)C5O)C8O)C7O)C6O)cc3C(=O)O)c3ccc(=[N+](C)C)cc-3oc2c1. The maximum absolute atomic E-state index is 13.2. The van der Waals surface area contributed by atoms with Crippen molar-refractivity contribution in [3.8, 4) is 22.5 Å². The molecule has 1 fully saturated rings. The number of hydrogen-bond donors (Lipinski definition) is 11. The smallest absolute Gasteiger partial charge is 0.336 e. The van der Waals surface area contributed by atoms with Crippen molar-refractivity contribution >= 4 is 71.3 Å². The van der Waals surface area contributed by atoms with Crippen molar-refractivity contribution in [1.29, 1.82) is 0 Å². The van der Waals surface area contributed by atoms with Gasteiger partial charge >= 0.3 is 5.97 Å². The van der Waals surface area contributed by atoms with Crippen LogP contribution in [0.1, 0.15) is 36.0 Å². The molecule has 20 nitrogen and oxygen atoms in total. The van der Waals surface area contributed by atoms with Gasteiger partial charge in [-0.05, 0) is 108 Å². The van der Waals surface area contributed by atoms with Crippen LogP contribution in [0.3, 0.4) is 0 Å². The van der Waals surface area contributed by atoms with Gasteiger partial charge in [-0.15, -0.1) is 12.6 Å². The number of fused-ring (bicyclic) bond motifs is 10. The van der Waals surface area contributed by atoms with Crippen molar-refractivity contribution in [2.75, 3.05) is 38.4 Å². The number of carboxylic acids is 1. The van der Waals surface area contributed by atoms with Gasteiger partial charge in [-0.2, -0.15) is 25.3 Å². The van der Waals surface area contributed by atoms with E-state index >= 15 is 0 Å². The minimum atomic E-state index is -4.97. The predicted octanol–water partition coefficient (Wildman–Crippen LogP) is 4.66. The summed E-state index contributed by atoms with van der Waals surface area (Å²) in [6.07, 6.45) is 1.56. The number of carbonyl (C=O) groups is 1. The van der Waals surface area contributed by atoms with Crippen molar-refractivity contribution in [2.24, 2.45) is 23.7 Å². The Bertz CT molecular complexity index is 3790. The van der Waals surface area contributed by atoms with Crippen LogP contribution in [0.25, 0.3) is 33.4 Å². The average molecular weight is 1130 g/mol. The van der Waals surface area contributed by atoms with Crippen LogP contribution in [0.5, 0.6) is 0 Å². The Morgan fingerprint density at radius 2 is 1.18 bits per heavy atom. The number of aliphatic hydroxyl groups excluding tert-OH is 4. The number of thiol groups is 1. The lowest BCUT2D eigenvalue weighted by atomic mass is 9.73. The molecule has 2 aromatic carbocycles. The highest BCUT2D eigenvalue weighted by Crippen LogP contribution is 2.45. The molecule has 24 heteroatoms. The van der Waals surface area contributed by atoms with Crippen molar-refractivity contribution in [3.05, 3.63) is 157 Å². The summed E-state index contributed by atoms with van der Waals surface area (Å²) < 4.78 is 115. The van der Waals surface area contributed by atoms with Gasteiger partial charge in [0, 0.05) is 83.5 Å². The first-order valence-electron chi connectivity index (χ1n) is 24.1. The molecule has 0 spiro atoms. The zero-order valence-electron chi connectivity index (χ0n) is 41.7. The second-order valence-electron chi connectivity index (χ2n) is 20.3. The minimum absolute atomic E-state index is 0.0579. The molecule has 9 unspecified atom stereocenters. The van der Waals surface area contributed by atoms with E-state index in [2.05, 4.69) is 10.6 Å². The first-order valence-corrected chi connectivity index (χ1v) is 29.0. The third-order valence-electron chi connectivity index (χ3n) is 14.6. The number of aliphatic hydroxyl groups is 4. The molecule has 10 N–H and O–H groups in total. The van der Waals surface area contributed by atoms with Crippen molar-refractivity contribution in [1.82, 2.24) is 9.89 Å². The Morgan fingerprint density at radius 3 is 1.73 bits per heavy atom. The molecule has 0 radical (unpaired) electrons. The van der Waals surface area contributed by atoms with E-state index in [1.165, 1.54) is 12.1 Å². The maximum atomic E-state index is 13.2. The summed E-state index contributed by atoms with van der Waals surface area (Å²) in [7, 11) is -7.31. The van der Waals surface area contributed by atoms with Gasteiger partial charge in [-0.3, -0.25) is 13.7 Å². The Hall–Kier alpha value is -6.16. The van der Waals surface area contributed by atoms with E-state index < -0.39 is 117 Å². The fourth-order valence-corrected chi connectivity index (χ4v) is 13.0. The van der Waals surface area contributed by atoms with Gasteiger partial charge < -0.3 is 45.5 Å². The van der Waals surface area contributed by atoms with Crippen LogP contribution >= 0.6 is 12.6 Å². The van der Waals surface area contributed by atoms with E-state index in [-0.39, 0.29) is 46.4 Å². The lowest BCUT2D eigenvalue weighted by Gasteiger charge is -2.37. The second-order valence-corrected chi connectivity index (χ2v) is 25.1. The van der Waals surface area contributed by atoms with Crippen molar-refractivity contribution in [3.63, 3.8) is 0 Å². The monoisotopic (exact) mass is 1130 g/mol. The molecule has 408 valence electrons. The maximum Gasteiger partial charge on any atom is 0.336 e. The first-order chi connectivity index (χ1) is 36.0. The molecule has 77 heavy (non-hydrogen) atoms. The third kappa shape index (κ3) is 11.5. The molecule has 8 bridgehead atoms. The highest BCUT2D eigenvalue weighted by atomic mass is 32.2. The van der Waals surface area contributed by atoms with Gasteiger partial charge in [0.1, 0.15) is 30.9 Å². The fourth-order valence-electron chi connectivity index (χ4n) is 10.8. The highest BCUT2D eigenvalue weighted by Gasteiger charge is 2.41. The van der Waals surface area contributed by atoms with Crippen LogP contribution < -0.4 is 25.5 Å². The summed E-state index contributed by atoms with van der Waals surface area (Å²) in [4.78, 5) is 13.2. The van der Waals surface area contributed by atoms with Crippen LogP contribution in [-0.2, 0) is 30.4 Å². The Morgan fingerprint density at radius 1 is 0.662 bits per heavy atom. The normalized spacial score (nSPS) is 25.4. The molecule has 2 aromatic rings. The molecule has 1 heterocycles. The highest BCUT2D eigenvalue weighted by molar-refractivity contribution is 7.90. The number of benzene rings is 3. The quantitative estimate of drug-likeness (QED) is 0.0338. The number of anilines is 2. The van der Waals surface area contributed by atoms with E-state index in [0.717, 1.165) is 47.5 Å². The lowest BCUT2D eigenvalue weighted by molar-refractivity contribution is 0.0697. The van der Waals surface area contributed by atoms with E-state index in [0.29, 0.717) is 39.1 Å². The fraction of sp³-hybridized carbons (Fsp3) is 0.321. The lowest BCUT2D eigenvalue weighted by Crippen LogP contribution is -2.38. The van der Waals surface area contributed by atoms with E-state index in [1.54, 1.807) is 18.2 Å². The Kier molecular flexibility index (Phi) is 15.1. The van der Waals surface area contributed by atoms with E-state index in [4.69, 9.17) is 17.0 Å². The number of aromatic carboxylic acids is 1. The van der Waals surface area contributed by atoms with Crippen molar-refractivity contribution in [2.45, 2.75) is 55.6 Å². The zero-order valence-corrected chi connectivity index (χ0v) is 45.1.